The van der Waals surface area contributed by atoms with Crippen LogP contribution in [0, 0.1) is 17.8 Å². The first-order valence-electron chi connectivity index (χ1n) is 8.43. The summed E-state index contributed by atoms with van der Waals surface area (Å²) in [6, 6.07) is 0. The molecule has 0 radical (unpaired) electrons. The Morgan fingerprint density at radius 1 is 0.870 bits per heavy atom. The molecule has 5 unspecified atom stereocenters. The zero-order valence-corrected chi connectivity index (χ0v) is 14.2. The molecule has 7 heteroatoms. The molecule has 2 aliphatic heterocycles. The molecule has 0 amide bonds. The van der Waals surface area contributed by atoms with Crippen LogP contribution in [0.3, 0.4) is 0 Å². The average molecular weight is 334 g/mol. The molecular weight excluding hydrogens is 304 g/mol. The summed E-state index contributed by atoms with van der Waals surface area (Å²) >= 11 is 0. The van der Waals surface area contributed by atoms with Gasteiger partial charge in [0.2, 0.25) is 0 Å². The van der Waals surface area contributed by atoms with Gasteiger partial charge < -0.3 is 34.6 Å². The quantitative estimate of drug-likeness (QED) is 0.566. The number of hydrogen-bond donors (Lipinski definition) is 4. The highest BCUT2D eigenvalue weighted by Crippen LogP contribution is 2.38. The van der Waals surface area contributed by atoms with Crippen molar-refractivity contribution >= 4 is 0 Å². The van der Waals surface area contributed by atoms with Crippen molar-refractivity contribution in [1.29, 1.82) is 0 Å². The maximum absolute atomic E-state index is 10.2. The Morgan fingerprint density at radius 2 is 1.52 bits per heavy atom. The maximum atomic E-state index is 10.2. The van der Waals surface area contributed by atoms with E-state index in [4.69, 9.17) is 14.2 Å². The number of aliphatic hydroxyl groups is 4. The summed E-state index contributed by atoms with van der Waals surface area (Å²) in [5.74, 6) is 0.807. The van der Waals surface area contributed by atoms with Crippen LogP contribution in [0.5, 0.6) is 0 Å². The molecule has 0 saturated carbocycles. The van der Waals surface area contributed by atoms with Gasteiger partial charge in [0, 0.05) is 5.92 Å². The molecule has 2 saturated heterocycles. The SMILES string of the molecule is CCC1O[C@@H](O[C@@H]2C(O)C(O)OC(CO)[C@H]2O)C(C)[C@@H](C)[C@@H]1C. The van der Waals surface area contributed by atoms with Crippen molar-refractivity contribution in [1.82, 2.24) is 0 Å². The molecule has 0 aromatic heterocycles. The van der Waals surface area contributed by atoms with E-state index < -0.39 is 43.6 Å². The Balaban J connectivity index is 2.11. The predicted molar refractivity (Wildman–Crippen MR) is 81.3 cm³/mol. The van der Waals surface area contributed by atoms with Gasteiger partial charge in [0.15, 0.2) is 12.6 Å². The van der Waals surface area contributed by atoms with Gasteiger partial charge in [0.25, 0.3) is 0 Å². The van der Waals surface area contributed by atoms with Crippen LogP contribution in [0.1, 0.15) is 34.1 Å². The highest BCUT2D eigenvalue weighted by molar-refractivity contribution is 4.91. The summed E-state index contributed by atoms with van der Waals surface area (Å²) in [6.07, 6.45) is -5.96. The van der Waals surface area contributed by atoms with Crippen LogP contribution in [0.25, 0.3) is 0 Å². The van der Waals surface area contributed by atoms with Crippen LogP contribution in [0.4, 0.5) is 0 Å². The van der Waals surface area contributed by atoms with Crippen molar-refractivity contribution in [2.24, 2.45) is 17.8 Å². The van der Waals surface area contributed by atoms with Crippen LogP contribution < -0.4 is 0 Å². The fourth-order valence-corrected chi connectivity index (χ4v) is 3.49. The minimum Gasteiger partial charge on any atom is -0.394 e. The molecule has 136 valence electrons. The van der Waals surface area contributed by atoms with Gasteiger partial charge in [-0.2, -0.15) is 0 Å². The standard InChI is InChI=1S/C16H30O7/c1-5-10-8(3)7(2)9(4)16(22-10)23-14-12(18)11(6-17)21-15(20)13(14)19/h7-20H,5-6H2,1-4H3/t7-,8-,9?,10?,11?,12+,13?,14-,15?,16-/m0/s1. The van der Waals surface area contributed by atoms with Gasteiger partial charge in [-0.3, -0.25) is 0 Å². The van der Waals surface area contributed by atoms with E-state index in [1.54, 1.807) is 0 Å². The molecule has 10 atom stereocenters. The Kier molecular flexibility index (Phi) is 6.41. The van der Waals surface area contributed by atoms with Crippen molar-refractivity contribution in [3.05, 3.63) is 0 Å². The van der Waals surface area contributed by atoms with Gasteiger partial charge in [0.05, 0.1) is 12.7 Å². The molecule has 2 aliphatic rings. The van der Waals surface area contributed by atoms with Crippen molar-refractivity contribution < 1.29 is 34.6 Å². The maximum Gasteiger partial charge on any atom is 0.184 e. The third-order valence-corrected chi connectivity index (χ3v) is 5.52. The molecule has 2 heterocycles. The van der Waals surface area contributed by atoms with Crippen molar-refractivity contribution in [2.45, 2.75) is 77.2 Å². The first kappa shape index (κ1) is 19.1. The third kappa shape index (κ3) is 3.71. The second kappa shape index (κ2) is 7.74. The lowest BCUT2D eigenvalue weighted by Crippen LogP contribution is -2.61. The largest absolute Gasteiger partial charge is 0.394 e. The summed E-state index contributed by atoms with van der Waals surface area (Å²) in [5.41, 5.74) is 0. The Labute approximate surface area is 137 Å². The molecule has 0 aliphatic carbocycles. The molecular formula is C16H30O7. The van der Waals surface area contributed by atoms with E-state index in [1.807, 2.05) is 13.8 Å². The van der Waals surface area contributed by atoms with E-state index in [9.17, 15) is 20.4 Å². The molecule has 0 bridgehead atoms. The Morgan fingerprint density at radius 3 is 2.09 bits per heavy atom. The monoisotopic (exact) mass is 334 g/mol. The van der Waals surface area contributed by atoms with Crippen LogP contribution in [-0.4, -0.2) is 70.1 Å². The molecule has 23 heavy (non-hydrogen) atoms. The molecule has 0 aromatic rings. The second-order valence-corrected chi connectivity index (χ2v) is 6.86. The van der Waals surface area contributed by atoms with E-state index in [0.29, 0.717) is 11.8 Å². The highest BCUT2D eigenvalue weighted by atomic mass is 16.7. The molecule has 2 fully saturated rings. The van der Waals surface area contributed by atoms with Gasteiger partial charge in [-0.1, -0.05) is 27.7 Å². The fraction of sp³-hybridized carbons (Fsp3) is 1.00. The van der Waals surface area contributed by atoms with Crippen molar-refractivity contribution in [3.8, 4) is 0 Å². The Hall–Kier alpha value is -0.280. The second-order valence-electron chi connectivity index (χ2n) is 6.86. The van der Waals surface area contributed by atoms with E-state index in [1.165, 1.54) is 0 Å². The van der Waals surface area contributed by atoms with Crippen molar-refractivity contribution in [3.63, 3.8) is 0 Å². The van der Waals surface area contributed by atoms with Crippen LogP contribution >= 0.6 is 0 Å². The molecule has 0 spiro atoms. The van der Waals surface area contributed by atoms with Gasteiger partial charge in [-0.05, 0) is 18.3 Å². The summed E-state index contributed by atoms with van der Waals surface area (Å²) in [5, 5.41) is 39.3. The number of ether oxygens (including phenoxy) is 3. The zero-order valence-electron chi connectivity index (χ0n) is 14.2. The lowest BCUT2D eigenvalue weighted by molar-refractivity contribution is -0.339. The number of rotatable bonds is 4. The third-order valence-electron chi connectivity index (χ3n) is 5.52. The first-order valence-corrected chi connectivity index (χ1v) is 8.43. The van der Waals surface area contributed by atoms with E-state index in [2.05, 4.69) is 13.8 Å². The minimum atomic E-state index is -1.52. The van der Waals surface area contributed by atoms with Gasteiger partial charge in [-0.25, -0.2) is 0 Å². The van der Waals surface area contributed by atoms with Crippen molar-refractivity contribution in [2.75, 3.05) is 6.61 Å². The number of hydrogen-bond acceptors (Lipinski definition) is 7. The van der Waals surface area contributed by atoms with Crippen LogP contribution in [-0.2, 0) is 14.2 Å². The predicted octanol–water partition coefficient (Wildman–Crippen LogP) is -0.154. The average Bonchev–Trinajstić information content (AvgIpc) is 2.54. The van der Waals surface area contributed by atoms with Gasteiger partial charge in [-0.15, -0.1) is 0 Å². The fourth-order valence-electron chi connectivity index (χ4n) is 3.49. The normalized spacial score (nSPS) is 51.7. The highest BCUT2D eigenvalue weighted by Gasteiger charge is 2.48. The molecule has 7 nitrogen and oxygen atoms in total. The summed E-state index contributed by atoms with van der Waals surface area (Å²) < 4.78 is 16.8. The molecule has 4 N–H and O–H groups in total. The van der Waals surface area contributed by atoms with E-state index >= 15 is 0 Å². The topological polar surface area (TPSA) is 109 Å². The van der Waals surface area contributed by atoms with Gasteiger partial charge >= 0.3 is 0 Å². The lowest BCUT2D eigenvalue weighted by Gasteiger charge is -2.47. The van der Waals surface area contributed by atoms with E-state index in [0.717, 1.165) is 6.42 Å². The smallest absolute Gasteiger partial charge is 0.184 e. The lowest BCUT2D eigenvalue weighted by atomic mass is 9.78. The van der Waals surface area contributed by atoms with Crippen LogP contribution in [0.15, 0.2) is 0 Å². The van der Waals surface area contributed by atoms with E-state index in [-0.39, 0.29) is 12.0 Å². The zero-order chi connectivity index (χ0) is 17.3. The van der Waals surface area contributed by atoms with Gasteiger partial charge in [0.1, 0.15) is 24.4 Å². The number of aliphatic hydroxyl groups excluding tert-OH is 4. The summed E-state index contributed by atoms with van der Waals surface area (Å²) in [7, 11) is 0. The summed E-state index contributed by atoms with van der Waals surface area (Å²) in [6.45, 7) is 7.87. The molecule has 2 rings (SSSR count). The Bertz CT molecular complexity index is 377. The first-order chi connectivity index (χ1) is 10.8. The summed E-state index contributed by atoms with van der Waals surface area (Å²) in [4.78, 5) is 0. The minimum absolute atomic E-state index is 0.0406. The molecule has 0 aromatic carbocycles. The van der Waals surface area contributed by atoms with Crippen LogP contribution in [0.2, 0.25) is 0 Å².